The van der Waals surface area contributed by atoms with Gasteiger partial charge in [-0.3, -0.25) is 9.48 Å². The van der Waals surface area contributed by atoms with Crippen LogP contribution in [0, 0.1) is 11.3 Å². The number of carbonyl (C=O) groups excluding carboxylic acids is 2. The Morgan fingerprint density at radius 2 is 1.75 bits per heavy atom. The maximum absolute atomic E-state index is 13.6. The number of amides is 1. The lowest BCUT2D eigenvalue weighted by molar-refractivity contribution is 0.0528. The van der Waals surface area contributed by atoms with Gasteiger partial charge < -0.3 is 10.1 Å². The van der Waals surface area contributed by atoms with Gasteiger partial charge >= 0.3 is 6.09 Å². The van der Waals surface area contributed by atoms with E-state index in [1.165, 1.54) is 0 Å². The van der Waals surface area contributed by atoms with Gasteiger partial charge in [0, 0.05) is 42.5 Å². The monoisotopic (exact) mass is 488 g/mol. The second kappa shape index (κ2) is 10.3. The van der Waals surface area contributed by atoms with Crippen LogP contribution in [-0.4, -0.2) is 43.8 Å². The molecular formula is C27H32N6O3. The van der Waals surface area contributed by atoms with Gasteiger partial charge in [0.25, 0.3) is 0 Å². The second-order valence-corrected chi connectivity index (χ2v) is 10.6. The maximum atomic E-state index is 13.6. The number of nitrogens with one attached hydrogen (secondary N) is 1. The quantitative estimate of drug-likeness (QED) is 0.512. The Morgan fingerprint density at radius 3 is 2.31 bits per heavy atom. The van der Waals surface area contributed by atoms with Crippen LogP contribution < -0.4 is 5.32 Å². The van der Waals surface area contributed by atoms with Crippen molar-refractivity contribution >= 4 is 11.9 Å². The van der Waals surface area contributed by atoms with Gasteiger partial charge in [0.15, 0.2) is 5.82 Å². The van der Waals surface area contributed by atoms with E-state index in [0.29, 0.717) is 41.2 Å². The zero-order chi connectivity index (χ0) is 26.7. The van der Waals surface area contributed by atoms with Gasteiger partial charge in [-0.05, 0) is 57.0 Å². The summed E-state index contributed by atoms with van der Waals surface area (Å²) in [4.78, 5) is 34.3. The predicted octanol–water partition coefficient (Wildman–Crippen LogP) is 4.34. The first-order chi connectivity index (χ1) is 16.8. The summed E-state index contributed by atoms with van der Waals surface area (Å²) in [6.45, 7) is 11.9. The van der Waals surface area contributed by atoms with E-state index in [1.54, 1.807) is 69.2 Å². The minimum atomic E-state index is -0.561. The summed E-state index contributed by atoms with van der Waals surface area (Å²) < 4.78 is 6.79. The molecule has 188 valence electrons. The minimum absolute atomic E-state index is 0.217. The molecule has 0 spiro atoms. The average molecular weight is 489 g/mol. The third-order valence-electron chi connectivity index (χ3n) is 5.30. The normalized spacial score (nSPS) is 11.6. The number of hydrogen-bond acceptors (Lipinski definition) is 7. The highest BCUT2D eigenvalue weighted by Gasteiger charge is 2.25. The fraction of sp³-hybridized carbons (Fsp3) is 0.407. The highest BCUT2D eigenvalue weighted by Crippen LogP contribution is 2.27. The van der Waals surface area contributed by atoms with Crippen molar-refractivity contribution < 1.29 is 14.3 Å². The third-order valence-corrected chi connectivity index (χ3v) is 5.30. The minimum Gasteiger partial charge on any atom is -0.444 e. The number of alkyl carbamates (subject to hydrolysis) is 1. The molecule has 2 aromatic heterocycles. The Morgan fingerprint density at radius 1 is 1.08 bits per heavy atom. The summed E-state index contributed by atoms with van der Waals surface area (Å²) in [6, 6.07) is 8.76. The van der Waals surface area contributed by atoms with Gasteiger partial charge in [0.1, 0.15) is 11.3 Å². The molecule has 3 rings (SSSR count). The van der Waals surface area contributed by atoms with E-state index < -0.39 is 11.7 Å². The molecule has 1 aromatic carbocycles. The van der Waals surface area contributed by atoms with Crippen molar-refractivity contribution in [1.29, 1.82) is 5.26 Å². The van der Waals surface area contributed by atoms with Gasteiger partial charge in [-0.1, -0.05) is 20.8 Å². The summed E-state index contributed by atoms with van der Waals surface area (Å²) in [7, 11) is 1.73. The summed E-state index contributed by atoms with van der Waals surface area (Å²) in [5.41, 5.74) is 2.48. The third kappa shape index (κ3) is 6.54. The number of benzene rings is 1. The van der Waals surface area contributed by atoms with Crippen LogP contribution in [0.25, 0.3) is 11.4 Å². The number of nitrogens with zero attached hydrogens (tertiary/aromatic N) is 5. The molecule has 1 amide bonds. The fourth-order valence-electron chi connectivity index (χ4n) is 3.43. The zero-order valence-corrected chi connectivity index (χ0v) is 21.8. The van der Waals surface area contributed by atoms with Crippen molar-refractivity contribution in [2.45, 2.75) is 59.0 Å². The molecule has 0 bridgehead atoms. The first kappa shape index (κ1) is 26.5. The number of nitriles is 1. The van der Waals surface area contributed by atoms with Gasteiger partial charge in [0.2, 0.25) is 5.78 Å². The Kier molecular flexibility index (Phi) is 7.58. The number of aryl methyl sites for hydroxylation is 1. The van der Waals surface area contributed by atoms with Crippen LogP contribution in [-0.2, 0) is 23.6 Å². The average Bonchev–Trinajstić information content (AvgIpc) is 3.19. The van der Waals surface area contributed by atoms with Gasteiger partial charge in [-0.15, -0.1) is 0 Å². The van der Waals surface area contributed by atoms with Gasteiger partial charge in [-0.2, -0.15) is 10.4 Å². The molecule has 0 radical (unpaired) electrons. The Bertz CT molecular complexity index is 1310. The molecule has 3 aromatic rings. The standard InChI is InChI=1S/C27H32N6O3/c1-26(2,3)22-13-21(33(7)32-22)23(34)20-12-17(14-28)8-9-19(20)24-30-15-18(16-31-24)10-11-29-25(35)36-27(4,5)6/h8-9,12-13,15-16H,10-11H2,1-7H3,(H,29,35). The van der Waals surface area contributed by atoms with E-state index in [1.807, 2.05) is 20.8 Å². The highest BCUT2D eigenvalue weighted by molar-refractivity contribution is 6.11. The lowest BCUT2D eigenvalue weighted by atomic mass is 9.91. The van der Waals surface area contributed by atoms with Crippen LogP contribution in [0.1, 0.15) is 74.4 Å². The van der Waals surface area contributed by atoms with Crippen LogP contribution >= 0.6 is 0 Å². The largest absolute Gasteiger partial charge is 0.444 e. The molecule has 0 atom stereocenters. The van der Waals surface area contributed by atoms with Crippen molar-refractivity contribution in [2.75, 3.05) is 6.54 Å². The molecule has 0 saturated carbocycles. The maximum Gasteiger partial charge on any atom is 0.407 e. The van der Waals surface area contributed by atoms with Crippen molar-refractivity contribution in [2.24, 2.45) is 7.05 Å². The molecule has 1 N–H and O–H groups in total. The number of rotatable bonds is 6. The number of ketones is 1. The molecule has 0 aliphatic carbocycles. The number of carbonyl (C=O) groups is 2. The van der Waals surface area contributed by atoms with E-state index >= 15 is 0 Å². The molecule has 0 fully saturated rings. The molecule has 0 aliphatic heterocycles. The Balaban J connectivity index is 1.84. The highest BCUT2D eigenvalue weighted by atomic mass is 16.6. The Hall–Kier alpha value is -4.06. The van der Waals surface area contributed by atoms with Crippen LogP contribution in [0.4, 0.5) is 4.79 Å². The summed E-state index contributed by atoms with van der Waals surface area (Å²) in [5, 5.41) is 16.6. The first-order valence-electron chi connectivity index (χ1n) is 11.7. The smallest absolute Gasteiger partial charge is 0.407 e. The number of ether oxygens (including phenoxy) is 1. The lowest BCUT2D eigenvalue weighted by Crippen LogP contribution is -2.33. The van der Waals surface area contributed by atoms with E-state index in [4.69, 9.17) is 4.74 Å². The predicted molar refractivity (Wildman–Crippen MR) is 135 cm³/mol. The van der Waals surface area contributed by atoms with Crippen LogP contribution in [0.2, 0.25) is 0 Å². The van der Waals surface area contributed by atoms with E-state index in [0.717, 1.165) is 11.3 Å². The summed E-state index contributed by atoms with van der Waals surface area (Å²) in [5.74, 6) is 0.103. The molecule has 0 saturated heterocycles. The van der Waals surface area contributed by atoms with Crippen LogP contribution in [0.3, 0.4) is 0 Å². The molecule has 9 nitrogen and oxygen atoms in total. The lowest BCUT2D eigenvalue weighted by Gasteiger charge is -2.19. The second-order valence-electron chi connectivity index (χ2n) is 10.6. The summed E-state index contributed by atoms with van der Waals surface area (Å²) in [6.07, 6.45) is 3.36. The number of aromatic nitrogens is 4. The first-order valence-corrected chi connectivity index (χ1v) is 11.7. The topological polar surface area (TPSA) is 123 Å². The van der Waals surface area contributed by atoms with Crippen LogP contribution in [0.5, 0.6) is 0 Å². The van der Waals surface area contributed by atoms with Crippen LogP contribution in [0.15, 0.2) is 36.7 Å². The summed E-state index contributed by atoms with van der Waals surface area (Å²) >= 11 is 0. The van der Waals surface area contributed by atoms with Crippen molar-refractivity contribution in [3.63, 3.8) is 0 Å². The SMILES string of the molecule is Cn1nc(C(C)(C)C)cc1C(=O)c1cc(C#N)ccc1-c1ncc(CCNC(=O)OC(C)(C)C)cn1. The van der Waals surface area contributed by atoms with Gasteiger partial charge in [0.05, 0.1) is 17.3 Å². The molecule has 36 heavy (non-hydrogen) atoms. The molecule has 0 unspecified atom stereocenters. The molecule has 9 heteroatoms. The zero-order valence-electron chi connectivity index (χ0n) is 21.8. The Labute approximate surface area is 211 Å². The molecular weight excluding hydrogens is 456 g/mol. The van der Waals surface area contributed by atoms with E-state index in [9.17, 15) is 14.9 Å². The fourth-order valence-corrected chi connectivity index (χ4v) is 3.43. The molecule has 0 aliphatic rings. The van der Waals surface area contributed by atoms with Crippen molar-refractivity contribution in [3.05, 3.63) is 64.7 Å². The van der Waals surface area contributed by atoms with Crippen molar-refractivity contribution in [3.8, 4) is 17.5 Å². The van der Waals surface area contributed by atoms with E-state index in [-0.39, 0.29) is 11.2 Å². The van der Waals surface area contributed by atoms with E-state index in [2.05, 4.69) is 26.5 Å². The van der Waals surface area contributed by atoms with Gasteiger partial charge in [-0.25, -0.2) is 14.8 Å². The van der Waals surface area contributed by atoms with Crippen molar-refractivity contribution in [1.82, 2.24) is 25.1 Å². The number of hydrogen-bond donors (Lipinski definition) is 1. The molecule has 2 heterocycles.